The second-order valence-electron chi connectivity index (χ2n) is 3.52. The van der Waals surface area contributed by atoms with E-state index >= 15 is 0 Å². The lowest BCUT2D eigenvalue weighted by Crippen LogP contribution is -1.77. The molecular weight excluding hydrogens is 168 g/mol. The zero-order valence-corrected chi connectivity index (χ0v) is 8.87. The molecule has 1 aromatic carbocycles. The minimum absolute atomic E-state index is 1.00. The van der Waals surface area contributed by atoms with Crippen LogP contribution in [0.15, 0.2) is 48.6 Å². The van der Waals surface area contributed by atoms with E-state index in [9.17, 15) is 0 Å². The van der Waals surface area contributed by atoms with Crippen molar-refractivity contribution in [2.75, 3.05) is 0 Å². The third-order valence-corrected chi connectivity index (χ3v) is 2.12. The summed E-state index contributed by atoms with van der Waals surface area (Å²) >= 11 is 0. The molecule has 0 aliphatic rings. The molecule has 0 nitrogen and oxygen atoms in total. The van der Waals surface area contributed by atoms with Crippen LogP contribution in [-0.4, -0.2) is 0 Å². The second kappa shape index (κ2) is 6.20. The Morgan fingerprint density at radius 3 is 2.64 bits per heavy atom. The highest BCUT2D eigenvalue weighted by atomic mass is 13.9. The molecule has 0 saturated heterocycles. The Bertz CT molecular complexity index is 293. The summed E-state index contributed by atoms with van der Waals surface area (Å²) in [4.78, 5) is 0. The highest BCUT2D eigenvalue weighted by molar-refractivity contribution is 5.49. The van der Waals surface area contributed by atoms with Gasteiger partial charge in [-0.25, -0.2) is 0 Å². The van der Waals surface area contributed by atoms with Gasteiger partial charge in [0.2, 0.25) is 0 Å². The predicted octanol–water partition coefficient (Wildman–Crippen LogP) is 4.45. The van der Waals surface area contributed by atoms with Gasteiger partial charge in [0.25, 0.3) is 0 Å². The molecule has 0 bridgehead atoms. The Morgan fingerprint density at radius 2 is 2.00 bits per heavy atom. The summed E-state index contributed by atoms with van der Waals surface area (Å²) in [6.07, 6.45) is 7.67. The Balaban J connectivity index is 2.38. The first kappa shape index (κ1) is 10.8. The molecule has 14 heavy (non-hydrogen) atoms. The van der Waals surface area contributed by atoms with Crippen LogP contribution in [0.5, 0.6) is 0 Å². The fourth-order valence-electron chi connectivity index (χ4n) is 1.38. The van der Waals surface area contributed by atoms with E-state index in [1.165, 1.54) is 17.6 Å². The Hall–Kier alpha value is -1.30. The van der Waals surface area contributed by atoms with Crippen molar-refractivity contribution in [3.63, 3.8) is 0 Å². The van der Waals surface area contributed by atoms with Gasteiger partial charge >= 0.3 is 0 Å². The Labute approximate surface area is 87.0 Å². The van der Waals surface area contributed by atoms with Gasteiger partial charge in [-0.05, 0) is 18.4 Å². The standard InChI is InChI=1S/C14H18/c1-3-8-13(2)9-7-12-14-10-5-4-6-11-14/h4-7,10-12H,2-3,8-9H2,1H3. The molecule has 0 aromatic heterocycles. The smallest absolute Gasteiger partial charge is 0.0138 e. The SMILES string of the molecule is C=C(CC=Cc1ccccc1)CCC. The molecule has 0 heteroatoms. The lowest BCUT2D eigenvalue weighted by atomic mass is 10.1. The van der Waals surface area contributed by atoms with Gasteiger partial charge in [0.15, 0.2) is 0 Å². The normalized spacial score (nSPS) is 10.6. The molecule has 0 spiro atoms. The summed E-state index contributed by atoms with van der Waals surface area (Å²) in [7, 11) is 0. The average molecular weight is 186 g/mol. The number of benzene rings is 1. The molecule has 0 fully saturated rings. The number of hydrogen-bond acceptors (Lipinski definition) is 0. The van der Waals surface area contributed by atoms with Crippen LogP contribution in [0.4, 0.5) is 0 Å². The fourth-order valence-corrected chi connectivity index (χ4v) is 1.38. The van der Waals surface area contributed by atoms with Crippen molar-refractivity contribution in [2.24, 2.45) is 0 Å². The predicted molar refractivity (Wildman–Crippen MR) is 64.1 cm³/mol. The van der Waals surface area contributed by atoms with Crippen molar-refractivity contribution in [3.05, 3.63) is 54.1 Å². The van der Waals surface area contributed by atoms with Gasteiger partial charge < -0.3 is 0 Å². The van der Waals surface area contributed by atoms with Crippen LogP contribution in [0, 0.1) is 0 Å². The van der Waals surface area contributed by atoms with E-state index in [0.29, 0.717) is 0 Å². The third kappa shape index (κ3) is 4.08. The second-order valence-corrected chi connectivity index (χ2v) is 3.52. The van der Waals surface area contributed by atoms with Crippen LogP contribution >= 0.6 is 0 Å². The first-order chi connectivity index (χ1) is 6.83. The summed E-state index contributed by atoms with van der Waals surface area (Å²) in [6, 6.07) is 10.4. The zero-order chi connectivity index (χ0) is 10.2. The van der Waals surface area contributed by atoms with E-state index in [-0.39, 0.29) is 0 Å². The molecule has 0 N–H and O–H groups in total. The van der Waals surface area contributed by atoms with Crippen molar-refractivity contribution in [2.45, 2.75) is 26.2 Å². The third-order valence-electron chi connectivity index (χ3n) is 2.12. The maximum atomic E-state index is 4.02. The molecule has 1 aromatic rings. The molecule has 0 radical (unpaired) electrons. The minimum atomic E-state index is 1.00. The fraction of sp³-hybridized carbons (Fsp3) is 0.286. The van der Waals surface area contributed by atoms with Crippen molar-refractivity contribution in [1.29, 1.82) is 0 Å². The van der Waals surface area contributed by atoms with Gasteiger partial charge in [0, 0.05) is 0 Å². The number of rotatable bonds is 5. The topological polar surface area (TPSA) is 0 Å². The average Bonchev–Trinajstić information content (AvgIpc) is 2.20. The van der Waals surface area contributed by atoms with E-state index in [1.807, 2.05) is 6.07 Å². The van der Waals surface area contributed by atoms with Gasteiger partial charge in [-0.3, -0.25) is 0 Å². The molecule has 74 valence electrons. The van der Waals surface area contributed by atoms with Crippen molar-refractivity contribution in [1.82, 2.24) is 0 Å². The molecule has 1 rings (SSSR count). The van der Waals surface area contributed by atoms with Crippen LogP contribution in [-0.2, 0) is 0 Å². The lowest BCUT2D eigenvalue weighted by molar-refractivity contribution is 0.885. The molecule has 0 saturated carbocycles. The maximum absolute atomic E-state index is 4.02. The van der Waals surface area contributed by atoms with Crippen LogP contribution < -0.4 is 0 Å². The van der Waals surface area contributed by atoms with E-state index in [1.54, 1.807) is 0 Å². The highest BCUT2D eigenvalue weighted by Gasteiger charge is 1.88. The van der Waals surface area contributed by atoms with Crippen molar-refractivity contribution >= 4 is 6.08 Å². The first-order valence-electron chi connectivity index (χ1n) is 5.21. The van der Waals surface area contributed by atoms with Gasteiger partial charge in [-0.1, -0.05) is 68.0 Å². The van der Waals surface area contributed by atoms with E-state index < -0.39 is 0 Å². The molecule has 0 amide bonds. The largest absolute Gasteiger partial charge is 0.0995 e. The van der Waals surface area contributed by atoms with Crippen molar-refractivity contribution in [3.8, 4) is 0 Å². The van der Waals surface area contributed by atoms with E-state index in [4.69, 9.17) is 0 Å². The summed E-state index contributed by atoms with van der Waals surface area (Å²) in [5.74, 6) is 0. The summed E-state index contributed by atoms with van der Waals surface area (Å²) < 4.78 is 0. The molecule has 0 aliphatic carbocycles. The first-order valence-corrected chi connectivity index (χ1v) is 5.21. The monoisotopic (exact) mass is 186 g/mol. The van der Waals surface area contributed by atoms with Gasteiger partial charge in [-0.15, -0.1) is 0 Å². The quantitative estimate of drug-likeness (QED) is 0.596. The molecule has 0 heterocycles. The van der Waals surface area contributed by atoms with Crippen LogP contribution in [0.3, 0.4) is 0 Å². The minimum Gasteiger partial charge on any atom is -0.0995 e. The van der Waals surface area contributed by atoms with Crippen LogP contribution in [0.1, 0.15) is 31.7 Å². The molecule has 0 unspecified atom stereocenters. The molecule has 0 aliphatic heterocycles. The van der Waals surface area contributed by atoms with Gasteiger partial charge in [0.05, 0.1) is 0 Å². The van der Waals surface area contributed by atoms with Gasteiger partial charge in [0.1, 0.15) is 0 Å². The van der Waals surface area contributed by atoms with Crippen LogP contribution in [0.2, 0.25) is 0 Å². The van der Waals surface area contributed by atoms with Crippen molar-refractivity contribution < 1.29 is 0 Å². The zero-order valence-electron chi connectivity index (χ0n) is 8.87. The molecular formula is C14H18. The number of allylic oxidation sites excluding steroid dienone is 2. The lowest BCUT2D eigenvalue weighted by Gasteiger charge is -1.97. The Kier molecular flexibility index (Phi) is 4.77. The highest BCUT2D eigenvalue weighted by Crippen LogP contribution is 2.09. The van der Waals surface area contributed by atoms with E-state index in [2.05, 4.69) is 49.9 Å². The van der Waals surface area contributed by atoms with E-state index in [0.717, 1.165) is 12.8 Å². The molecule has 0 atom stereocenters. The maximum Gasteiger partial charge on any atom is -0.0138 e. The summed E-state index contributed by atoms with van der Waals surface area (Å²) in [5, 5.41) is 0. The Morgan fingerprint density at radius 1 is 1.29 bits per heavy atom. The summed E-state index contributed by atoms with van der Waals surface area (Å²) in [5.41, 5.74) is 2.58. The van der Waals surface area contributed by atoms with Crippen LogP contribution in [0.25, 0.3) is 6.08 Å². The number of hydrogen-bond donors (Lipinski definition) is 0. The van der Waals surface area contributed by atoms with Gasteiger partial charge in [-0.2, -0.15) is 0 Å². The summed E-state index contributed by atoms with van der Waals surface area (Å²) in [6.45, 7) is 6.21.